The standard InChI is InChI=1S/C16H7ClF3NO4/c17-9-3-7(1-2-10(9)18)21-6-14(25-16(23)24)15(22)8-4-11(19)12(20)5-13(8)21/h1-6H,(H,23,24). The topological polar surface area (TPSA) is 68.5 Å². The molecule has 1 N–H and O–H groups in total. The van der Waals surface area contributed by atoms with Crippen molar-refractivity contribution in [3.63, 3.8) is 0 Å². The van der Waals surface area contributed by atoms with Crippen LogP contribution in [0.5, 0.6) is 5.75 Å². The van der Waals surface area contributed by atoms with Gasteiger partial charge in [0.2, 0.25) is 5.43 Å². The van der Waals surface area contributed by atoms with Gasteiger partial charge in [-0.05, 0) is 24.3 Å². The largest absolute Gasteiger partial charge is 0.511 e. The minimum atomic E-state index is -1.76. The molecule has 0 saturated carbocycles. The van der Waals surface area contributed by atoms with Crippen molar-refractivity contribution in [1.82, 2.24) is 4.57 Å². The van der Waals surface area contributed by atoms with Gasteiger partial charge >= 0.3 is 6.16 Å². The van der Waals surface area contributed by atoms with E-state index in [-0.39, 0.29) is 21.6 Å². The summed E-state index contributed by atoms with van der Waals surface area (Å²) in [6, 6.07) is 4.85. The van der Waals surface area contributed by atoms with E-state index in [9.17, 15) is 22.8 Å². The fourth-order valence-corrected chi connectivity index (χ4v) is 2.49. The molecule has 0 unspecified atom stereocenters. The molecule has 3 rings (SSSR count). The molecule has 1 aromatic heterocycles. The lowest BCUT2D eigenvalue weighted by atomic mass is 10.1. The third kappa shape index (κ3) is 3.03. The Balaban J connectivity index is 2.41. The van der Waals surface area contributed by atoms with E-state index in [1.165, 1.54) is 12.1 Å². The van der Waals surface area contributed by atoms with Crippen molar-refractivity contribution in [2.24, 2.45) is 0 Å². The molecular weight excluding hydrogens is 363 g/mol. The number of benzene rings is 2. The van der Waals surface area contributed by atoms with Crippen molar-refractivity contribution >= 4 is 28.7 Å². The molecule has 1 heterocycles. The molecule has 0 aliphatic rings. The van der Waals surface area contributed by atoms with Crippen LogP contribution >= 0.6 is 11.6 Å². The van der Waals surface area contributed by atoms with Crippen molar-refractivity contribution in [1.29, 1.82) is 0 Å². The van der Waals surface area contributed by atoms with Gasteiger partial charge in [0, 0.05) is 11.8 Å². The lowest BCUT2D eigenvalue weighted by molar-refractivity contribution is 0.144. The summed E-state index contributed by atoms with van der Waals surface area (Å²) in [4.78, 5) is 23.0. The number of fused-ring (bicyclic) bond motifs is 1. The van der Waals surface area contributed by atoms with E-state index in [1.54, 1.807) is 0 Å². The summed E-state index contributed by atoms with van der Waals surface area (Å²) in [6.07, 6.45) is -0.789. The molecule has 3 aromatic rings. The molecule has 0 saturated heterocycles. The second kappa shape index (κ2) is 6.14. The van der Waals surface area contributed by atoms with Gasteiger partial charge in [-0.25, -0.2) is 18.0 Å². The number of rotatable bonds is 2. The number of aromatic nitrogens is 1. The number of carbonyl (C=O) groups is 1. The molecule has 2 aromatic carbocycles. The maximum Gasteiger partial charge on any atom is 0.511 e. The fourth-order valence-electron chi connectivity index (χ4n) is 2.31. The molecule has 0 aliphatic heterocycles. The predicted molar refractivity (Wildman–Crippen MR) is 83.1 cm³/mol. The Kier molecular flexibility index (Phi) is 4.13. The average molecular weight is 370 g/mol. The van der Waals surface area contributed by atoms with Gasteiger partial charge in [-0.15, -0.1) is 0 Å². The zero-order valence-electron chi connectivity index (χ0n) is 12.1. The van der Waals surface area contributed by atoms with Gasteiger partial charge in [-0.3, -0.25) is 4.79 Å². The molecule has 0 fully saturated rings. The fraction of sp³-hybridized carbons (Fsp3) is 0. The van der Waals surface area contributed by atoms with E-state index in [1.807, 2.05) is 0 Å². The summed E-state index contributed by atoms with van der Waals surface area (Å²) in [6.45, 7) is 0. The smallest absolute Gasteiger partial charge is 0.449 e. The third-order valence-electron chi connectivity index (χ3n) is 3.39. The summed E-state index contributed by atoms with van der Waals surface area (Å²) in [5.74, 6) is -3.86. The van der Waals surface area contributed by atoms with Crippen molar-refractivity contribution in [3.05, 3.63) is 69.2 Å². The number of nitrogens with zero attached hydrogens (tertiary/aromatic N) is 1. The lowest BCUT2D eigenvalue weighted by Gasteiger charge is -2.14. The SMILES string of the molecule is O=C(O)Oc1cn(-c2ccc(F)c(Cl)c2)c2cc(F)c(F)cc2c1=O. The van der Waals surface area contributed by atoms with Crippen LogP contribution in [-0.4, -0.2) is 15.8 Å². The lowest BCUT2D eigenvalue weighted by Crippen LogP contribution is -2.16. The van der Waals surface area contributed by atoms with Crippen molar-refractivity contribution in [2.75, 3.05) is 0 Å². The monoisotopic (exact) mass is 369 g/mol. The molecule has 128 valence electrons. The quantitative estimate of drug-likeness (QED) is 0.690. The van der Waals surface area contributed by atoms with Crippen LogP contribution in [0.4, 0.5) is 18.0 Å². The number of pyridine rings is 1. The van der Waals surface area contributed by atoms with Crippen LogP contribution in [0.2, 0.25) is 5.02 Å². The summed E-state index contributed by atoms with van der Waals surface area (Å²) in [5, 5.41) is 8.15. The summed E-state index contributed by atoms with van der Waals surface area (Å²) in [7, 11) is 0. The van der Waals surface area contributed by atoms with E-state index in [4.69, 9.17) is 16.7 Å². The van der Waals surface area contributed by atoms with Crippen molar-refractivity contribution in [2.45, 2.75) is 0 Å². The number of halogens is 4. The molecule has 0 bridgehead atoms. The first-order valence-electron chi connectivity index (χ1n) is 6.68. The highest BCUT2D eigenvalue weighted by molar-refractivity contribution is 6.30. The Bertz CT molecular complexity index is 1080. The van der Waals surface area contributed by atoms with Gasteiger partial charge < -0.3 is 14.4 Å². The van der Waals surface area contributed by atoms with E-state index in [2.05, 4.69) is 4.74 Å². The summed E-state index contributed by atoms with van der Waals surface area (Å²) < 4.78 is 46.1. The van der Waals surface area contributed by atoms with Crippen LogP contribution in [-0.2, 0) is 0 Å². The van der Waals surface area contributed by atoms with Gasteiger partial charge in [0.25, 0.3) is 0 Å². The Morgan fingerprint density at radius 1 is 1.08 bits per heavy atom. The molecule has 9 heteroatoms. The minimum Gasteiger partial charge on any atom is -0.449 e. The van der Waals surface area contributed by atoms with Crippen LogP contribution in [0.1, 0.15) is 0 Å². The average Bonchev–Trinajstić information content (AvgIpc) is 2.54. The van der Waals surface area contributed by atoms with E-state index >= 15 is 0 Å². The highest BCUT2D eigenvalue weighted by Crippen LogP contribution is 2.25. The van der Waals surface area contributed by atoms with Crippen molar-refractivity contribution in [3.8, 4) is 11.4 Å². The van der Waals surface area contributed by atoms with Gasteiger partial charge in [0.05, 0.1) is 22.1 Å². The highest BCUT2D eigenvalue weighted by Gasteiger charge is 2.17. The predicted octanol–water partition coefficient (Wildman–Crippen LogP) is 4.12. The third-order valence-corrected chi connectivity index (χ3v) is 3.68. The Labute approximate surface area is 142 Å². The number of carboxylic acid groups (broad SMARTS) is 1. The van der Waals surface area contributed by atoms with Gasteiger partial charge in [0.15, 0.2) is 17.4 Å². The van der Waals surface area contributed by atoms with Crippen LogP contribution in [0.25, 0.3) is 16.6 Å². The van der Waals surface area contributed by atoms with Crippen molar-refractivity contribution < 1.29 is 27.8 Å². The zero-order chi connectivity index (χ0) is 18.3. The summed E-state index contributed by atoms with van der Waals surface area (Å²) >= 11 is 5.72. The van der Waals surface area contributed by atoms with Crippen LogP contribution in [0.15, 0.2) is 41.3 Å². The van der Waals surface area contributed by atoms with Gasteiger partial charge in [-0.2, -0.15) is 0 Å². The Morgan fingerprint density at radius 3 is 2.40 bits per heavy atom. The normalized spacial score (nSPS) is 10.9. The van der Waals surface area contributed by atoms with Gasteiger partial charge in [0.1, 0.15) is 5.82 Å². The first kappa shape index (κ1) is 16.8. The number of hydrogen-bond acceptors (Lipinski definition) is 3. The maximum atomic E-state index is 13.6. The molecule has 0 radical (unpaired) electrons. The minimum absolute atomic E-state index is 0.0793. The van der Waals surface area contributed by atoms with E-state index in [0.717, 1.165) is 22.9 Å². The van der Waals surface area contributed by atoms with Gasteiger partial charge in [-0.1, -0.05) is 11.6 Å². The number of ether oxygens (including phenoxy) is 1. The molecule has 0 aliphatic carbocycles. The Hall–Kier alpha value is -3.00. The molecule has 0 atom stereocenters. The zero-order valence-corrected chi connectivity index (χ0v) is 12.9. The molecule has 25 heavy (non-hydrogen) atoms. The molecule has 5 nitrogen and oxygen atoms in total. The second-order valence-corrected chi connectivity index (χ2v) is 5.35. The highest BCUT2D eigenvalue weighted by atomic mass is 35.5. The van der Waals surface area contributed by atoms with E-state index in [0.29, 0.717) is 6.07 Å². The molecule has 0 amide bonds. The van der Waals surface area contributed by atoms with E-state index < -0.39 is 34.8 Å². The molecule has 0 spiro atoms. The van der Waals surface area contributed by atoms with Crippen LogP contribution in [0, 0.1) is 17.5 Å². The van der Waals surface area contributed by atoms with Crippen LogP contribution in [0.3, 0.4) is 0 Å². The Morgan fingerprint density at radius 2 is 1.76 bits per heavy atom. The molecular formula is C16H7ClF3NO4. The first-order chi connectivity index (χ1) is 11.8. The second-order valence-electron chi connectivity index (χ2n) is 4.94. The number of hydrogen-bond donors (Lipinski definition) is 1. The maximum absolute atomic E-state index is 13.6. The summed E-state index contributed by atoms with van der Waals surface area (Å²) in [5.41, 5.74) is -0.845. The first-order valence-corrected chi connectivity index (χ1v) is 7.06. The van der Waals surface area contributed by atoms with Crippen LogP contribution < -0.4 is 10.2 Å².